The van der Waals surface area contributed by atoms with Gasteiger partial charge in [-0.25, -0.2) is 4.98 Å². The molecule has 2 N–H and O–H groups in total. The van der Waals surface area contributed by atoms with E-state index in [0.29, 0.717) is 22.0 Å². The number of hydrogen-bond donors (Lipinski definition) is 2. The van der Waals surface area contributed by atoms with Crippen molar-refractivity contribution < 1.29 is 18.0 Å². The van der Waals surface area contributed by atoms with E-state index in [4.69, 9.17) is 0 Å². The molecule has 1 heterocycles. The maximum Gasteiger partial charge on any atom is 0.416 e. The first kappa shape index (κ1) is 19.9. The number of aromatic amines is 1. The number of nitrogens with one attached hydrogen (secondary N) is 2. The molecule has 0 bridgehead atoms. The van der Waals surface area contributed by atoms with Crippen LogP contribution >= 0.6 is 11.8 Å². The number of nitrogens with zero attached hydrogens (tertiary/aromatic N) is 2. The zero-order valence-electron chi connectivity index (χ0n) is 14.8. The lowest BCUT2D eigenvalue weighted by Crippen LogP contribution is -2.27. The number of halogens is 3. The number of alkyl halides is 3. The third kappa shape index (κ3) is 4.92. The molecule has 0 saturated carbocycles. The van der Waals surface area contributed by atoms with Gasteiger partial charge in [-0.1, -0.05) is 42.1 Å². The molecule has 0 aliphatic rings. The highest BCUT2D eigenvalue weighted by Crippen LogP contribution is 2.31. The first-order chi connectivity index (χ1) is 13.3. The fourth-order valence-electron chi connectivity index (χ4n) is 2.62. The van der Waals surface area contributed by atoms with Crippen molar-refractivity contribution in [3.8, 4) is 0 Å². The summed E-state index contributed by atoms with van der Waals surface area (Å²) in [7, 11) is 0. The number of carbonyl (C=O) groups is 1. The summed E-state index contributed by atoms with van der Waals surface area (Å²) >= 11 is 1.40. The number of aromatic nitrogens is 3. The van der Waals surface area contributed by atoms with E-state index >= 15 is 0 Å². The Bertz CT molecular complexity index is 944. The molecule has 146 valence electrons. The molecule has 0 aliphatic carbocycles. The Hall–Kier alpha value is -2.81. The van der Waals surface area contributed by atoms with Crippen molar-refractivity contribution in [1.82, 2.24) is 20.5 Å². The van der Waals surface area contributed by atoms with E-state index in [1.807, 2.05) is 12.1 Å². The second kappa shape index (κ2) is 8.47. The normalized spacial score (nSPS) is 12.6. The zero-order valence-corrected chi connectivity index (χ0v) is 15.6. The van der Waals surface area contributed by atoms with Gasteiger partial charge < -0.3 is 5.32 Å². The number of thioether (sulfide) groups is 1. The van der Waals surface area contributed by atoms with Gasteiger partial charge in [0.15, 0.2) is 5.16 Å². The van der Waals surface area contributed by atoms with Gasteiger partial charge in [0, 0.05) is 11.3 Å². The van der Waals surface area contributed by atoms with Crippen LogP contribution in [-0.2, 0) is 11.9 Å². The Kier molecular flexibility index (Phi) is 6.03. The van der Waals surface area contributed by atoms with E-state index in [9.17, 15) is 18.0 Å². The van der Waals surface area contributed by atoms with Gasteiger partial charge in [0.05, 0.1) is 11.6 Å². The minimum Gasteiger partial charge on any atom is -0.346 e. The van der Waals surface area contributed by atoms with Crippen molar-refractivity contribution in [3.05, 3.63) is 77.1 Å². The summed E-state index contributed by atoms with van der Waals surface area (Å²) in [6, 6.07) is 11.5. The summed E-state index contributed by atoms with van der Waals surface area (Å²) in [6.07, 6.45) is -3.03. The maximum atomic E-state index is 12.9. The molecule has 2 aromatic carbocycles. The number of rotatable bonds is 6. The summed E-state index contributed by atoms with van der Waals surface area (Å²) in [6.45, 7) is 1.65. The molecule has 5 nitrogen and oxygen atoms in total. The molecule has 0 radical (unpaired) electrons. The molecule has 1 amide bonds. The van der Waals surface area contributed by atoms with Crippen LogP contribution in [0.1, 0.15) is 40.0 Å². The summed E-state index contributed by atoms with van der Waals surface area (Å²) in [5.74, 6) is 0.148. The monoisotopic (exact) mass is 406 g/mol. The molecule has 28 heavy (non-hydrogen) atoms. The molecule has 1 unspecified atom stereocenters. The molecule has 1 aromatic heterocycles. The van der Waals surface area contributed by atoms with Gasteiger partial charge in [-0.3, -0.25) is 9.89 Å². The Balaban J connectivity index is 1.72. The van der Waals surface area contributed by atoms with Gasteiger partial charge >= 0.3 is 6.18 Å². The molecular formula is C19H17F3N4OS. The Labute approximate surface area is 163 Å². The predicted molar refractivity (Wildman–Crippen MR) is 99.7 cm³/mol. The Morgan fingerprint density at radius 2 is 2.00 bits per heavy atom. The molecule has 0 fully saturated rings. The summed E-state index contributed by atoms with van der Waals surface area (Å²) in [5.41, 5.74) is 0.901. The van der Waals surface area contributed by atoms with Crippen LogP contribution in [0.25, 0.3) is 0 Å². The smallest absolute Gasteiger partial charge is 0.346 e. The van der Waals surface area contributed by atoms with E-state index in [2.05, 4.69) is 20.5 Å². The maximum absolute atomic E-state index is 12.9. The van der Waals surface area contributed by atoms with Gasteiger partial charge in [-0.05, 0) is 36.2 Å². The lowest BCUT2D eigenvalue weighted by Gasteiger charge is -2.17. The minimum absolute atomic E-state index is 0.348. The van der Waals surface area contributed by atoms with Crippen LogP contribution in [-0.4, -0.2) is 21.1 Å². The molecule has 3 rings (SSSR count). The molecule has 1 atom stereocenters. The summed E-state index contributed by atoms with van der Waals surface area (Å²) in [5, 5.41) is 9.91. The Morgan fingerprint density at radius 1 is 1.21 bits per heavy atom. The van der Waals surface area contributed by atoms with Gasteiger partial charge in [-0.2, -0.15) is 18.3 Å². The number of H-pyrrole nitrogens is 1. The van der Waals surface area contributed by atoms with Crippen molar-refractivity contribution in [2.24, 2.45) is 0 Å². The first-order valence-electron chi connectivity index (χ1n) is 8.38. The van der Waals surface area contributed by atoms with E-state index in [1.54, 1.807) is 25.1 Å². The molecule has 0 spiro atoms. The molecule has 3 aromatic rings. The third-order valence-corrected chi connectivity index (χ3v) is 5.01. The fourth-order valence-corrected chi connectivity index (χ4v) is 3.40. The highest BCUT2D eigenvalue weighted by Gasteiger charge is 2.30. The standard InChI is InChI=1S/C19H17F3N4OS/c1-12(13-6-4-7-15(9-13)19(20,21)22)25-17(27)16-8-3-2-5-14(16)10-28-18-23-11-24-26-18/h2-9,11-12H,10H2,1H3,(H,25,27)(H,23,24,26). The molecule has 9 heteroatoms. The van der Waals surface area contributed by atoms with Crippen molar-refractivity contribution in [3.63, 3.8) is 0 Å². The third-order valence-electron chi connectivity index (χ3n) is 4.08. The van der Waals surface area contributed by atoms with Gasteiger partial charge in [0.2, 0.25) is 0 Å². The summed E-state index contributed by atoms with van der Waals surface area (Å²) < 4.78 is 38.7. The van der Waals surface area contributed by atoms with Gasteiger partial charge in [0.25, 0.3) is 5.91 Å². The van der Waals surface area contributed by atoms with Crippen molar-refractivity contribution >= 4 is 17.7 Å². The summed E-state index contributed by atoms with van der Waals surface area (Å²) in [4.78, 5) is 16.7. The van der Waals surface area contributed by atoms with E-state index in [0.717, 1.165) is 17.7 Å². The van der Waals surface area contributed by atoms with Crippen LogP contribution in [0.5, 0.6) is 0 Å². The average Bonchev–Trinajstić information content (AvgIpc) is 3.19. The van der Waals surface area contributed by atoms with Crippen molar-refractivity contribution in [1.29, 1.82) is 0 Å². The molecule has 0 saturated heterocycles. The lowest BCUT2D eigenvalue weighted by atomic mass is 10.0. The van der Waals surface area contributed by atoms with Gasteiger partial charge in [-0.15, -0.1) is 0 Å². The first-order valence-corrected chi connectivity index (χ1v) is 9.37. The highest BCUT2D eigenvalue weighted by molar-refractivity contribution is 7.98. The molecular weight excluding hydrogens is 389 g/mol. The topological polar surface area (TPSA) is 70.7 Å². The quantitative estimate of drug-likeness (QED) is 0.587. The predicted octanol–water partition coefficient (Wildman–Crippen LogP) is 4.61. The van der Waals surface area contributed by atoms with E-state index < -0.39 is 17.8 Å². The zero-order chi connectivity index (χ0) is 20.1. The number of benzene rings is 2. The van der Waals surface area contributed by atoms with Crippen LogP contribution in [0.3, 0.4) is 0 Å². The number of hydrogen-bond acceptors (Lipinski definition) is 4. The lowest BCUT2D eigenvalue weighted by molar-refractivity contribution is -0.137. The van der Waals surface area contributed by atoms with Crippen molar-refractivity contribution in [2.45, 2.75) is 30.1 Å². The van der Waals surface area contributed by atoms with E-state index in [-0.39, 0.29) is 5.91 Å². The largest absolute Gasteiger partial charge is 0.416 e. The van der Waals surface area contributed by atoms with Crippen LogP contribution < -0.4 is 5.32 Å². The average molecular weight is 406 g/mol. The van der Waals surface area contributed by atoms with E-state index in [1.165, 1.54) is 24.2 Å². The second-order valence-electron chi connectivity index (χ2n) is 6.05. The Morgan fingerprint density at radius 3 is 2.71 bits per heavy atom. The van der Waals surface area contributed by atoms with Crippen molar-refractivity contribution in [2.75, 3.05) is 0 Å². The van der Waals surface area contributed by atoms with Crippen LogP contribution in [0.15, 0.2) is 60.0 Å². The molecule has 0 aliphatic heterocycles. The fraction of sp³-hybridized carbons (Fsp3) is 0.211. The van der Waals surface area contributed by atoms with Crippen LogP contribution in [0.4, 0.5) is 13.2 Å². The SMILES string of the molecule is CC(NC(=O)c1ccccc1CSc1ncn[nH]1)c1cccc(C(F)(F)F)c1. The number of carbonyl (C=O) groups excluding carboxylic acids is 1. The van der Waals surface area contributed by atoms with Gasteiger partial charge in [0.1, 0.15) is 6.33 Å². The second-order valence-corrected chi connectivity index (χ2v) is 7.02. The number of amides is 1. The minimum atomic E-state index is -4.43. The van der Waals surface area contributed by atoms with Crippen LogP contribution in [0.2, 0.25) is 0 Å². The van der Waals surface area contributed by atoms with Crippen LogP contribution in [0, 0.1) is 0 Å². The highest BCUT2D eigenvalue weighted by atomic mass is 32.2.